The Balaban J connectivity index is 2.44. The standard InChI is InChI=1S/C16H18ClNO2/c1-3-19-15-8-5-11(9-16(15)20-4-2)13-7-6-12(17)10-14(13)18/h5-10H,3-4,18H2,1-2H3. The SMILES string of the molecule is CCOc1ccc(-c2ccc(Cl)cc2N)cc1OCC. The van der Waals surface area contributed by atoms with Gasteiger partial charge in [-0.2, -0.15) is 0 Å². The van der Waals surface area contributed by atoms with E-state index in [-0.39, 0.29) is 0 Å². The number of ether oxygens (including phenoxy) is 2. The molecule has 2 aromatic carbocycles. The summed E-state index contributed by atoms with van der Waals surface area (Å²) in [7, 11) is 0. The Morgan fingerprint density at radius 1 is 0.950 bits per heavy atom. The number of hydrogen-bond donors (Lipinski definition) is 1. The molecule has 0 heterocycles. The van der Waals surface area contributed by atoms with Crippen LogP contribution in [0.3, 0.4) is 0 Å². The molecular formula is C16H18ClNO2. The van der Waals surface area contributed by atoms with Gasteiger partial charge < -0.3 is 15.2 Å². The molecule has 0 aliphatic rings. The Morgan fingerprint density at radius 2 is 1.65 bits per heavy atom. The summed E-state index contributed by atoms with van der Waals surface area (Å²) in [6.07, 6.45) is 0. The molecule has 0 saturated heterocycles. The van der Waals surface area contributed by atoms with Crippen molar-refractivity contribution in [2.75, 3.05) is 18.9 Å². The van der Waals surface area contributed by atoms with Crippen LogP contribution < -0.4 is 15.2 Å². The second-order valence-corrected chi connectivity index (χ2v) is 4.70. The third kappa shape index (κ3) is 3.17. The van der Waals surface area contributed by atoms with Gasteiger partial charge in [0.1, 0.15) is 0 Å². The van der Waals surface area contributed by atoms with Crippen LogP contribution in [0.15, 0.2) is 36.4 Å². The first-order valence-electron chi connectivity index (χ1n) is 6.60. The van der Waals surface area contributed by atoms with Gasteiger partial charge in [-0.3, -0.25) is 0 Å². The number of halogens is 1. The molecule has 2 rings (SSSR count). The molecular weight excluding hydrogens is 274 g/mol. The zero-order valence-corrected chi connectivity index (χ0v) is 12.4. The van der Waals surface area contributed by atoms with Crippen LogP contribution in [0.2, 0.25) is 5.02 Å². The molecule has 0 spiro atoms. The molecule has 3 nitrogen and oxygen atoms in total. The monoisotopic (exact) mass is 291 g/mol. The first-order chi connectivity index (χ1) is 9.65. The van der Waals surface area contributed by atoms with Crippen molar-refractivity contribution in [2.24, 2.45) is 0 Å². The molecule has 0 aliphatic carbocycles. The largest absolute Gasteiger partial charge is 0.490 e. The topological polar surface area (TPSA) is 44.5 Å². The molecule has 0 unspecified atom stereocenters. The number of benzene rings is 2. The molecule has 4 heteroatoms. The smallest absolute Gasteiger partial charge is 0.161 e. The van der Waals surface area contributed by atoms with Crippen molar-refractivity contribution in [2.45, 2.75) is 13.8 Å². The van der Waals surface area contributed by atoms with Crippen LogP contribution in [-0.4, -0.2) is 13.2 Å². The van der Waals surface area contributed by atoms with E-state index in [2.05, 4.69) is 0 Å². The van der Waals surface area contributed by atoms with E-state index < -0.39 is 0 Å². The maximum Gasteiger partial charge on any atom is 0.161 e. The predicted octanol–water partition coefficient (Wildman–Crippen LogP) is 4.39. The van der Waals surface area contributed by atoms with E-state index in [4.69, 9.17) is 26.8 Å². The summed E-state index contributed by atoms with van der Waals surface area (Å²) >= 11 is 5.93. The second-order valence-electron chi connectivity index (χ2n) is 4.26. The van der Waals surface area contributed by atoms with Crippen LogP contribution in [0.25, 0.3) is 11.1 Å². The van der Waals surface area contributed by atoms with Crippen LogP contribution in [-0.2, 0) is 0 Å². The minimum Gasteiger partial charge on any atom is -0.490 e. The summed E-state index contributed by atoms with van der Waals surface area (Å²) < 4.78 is 11.2. The van der Waals surface area contributed by atoms with Crippen molar-refractivity contribution in [1.82, 2.24) is 0 Å². The number of hydrogen-bond acceptors (Lipinski definition) is 3. The summed E-state index contributed by atoms with van der Waals surface area (Å²) in [6.45, 7) is 5.07. The lowest BCUT2D eigenvalue weighted by atomic mass is 10.0. The average molecular weight is 292 g/mol. The molecule has 0 saturated carbocycles. The fourth-order valence-electron chi connectivity index (χ4n) is 2.02. The molecule has 0 amide bonds. The normalized spacial score (nSPS) is 10.3. The van der Waals surface area contributed by atoms with Gasteiger partial charge in [-0.25, -0.2) is 0 Å². The molecule has 0 aromatic heterocycles. The van der Waals surface area contributed by atoms with E-state index in [1.807, 2.05) is 44.2 Å². The zero-order chi connectivity index (χ0) is 14.5. The van der Waals surface area contributed by atoms with Crippen LogP contribution in [0.4, 0.5) is 5.69 Å². The lowest BCUT2D eigenvalue weighted by molar-refractivity contribution is 0.288. The van der Waals surface area contributed by atoms with Crippen LogP contribution in [0, 0.1) is 0 Å². The fourth-order valence-corrected chi connectivity index (χ4v) is 2.20. The number of nitrogens with two attached hydrogens (primary N) is 1. The van der Waals surface area contributed by atoms with E-state index in [1.54, 1.807) is 6.07 Å². The van der Waals surface area contributed by atoms with Gasteiger partial charge in [0.05, 0.1) is 13.2 Å². The molecule has 106 valence electrons. The Labute approximate surface area is 124 Å². The summed E-state index contributed by atoms with van der Waals surface area (Å²) in [5.41, 5.74) is 8.57. The first kappa shape index (κ1) is 14.5. The van der Waals surface area contributed by atoms with Crippen molar-refractivity contribution in [1.29, 1.82) is 0 Å². The molecule has 0 fully saturated rings. The molecule has 0 radical (unpaired) electrons. The fraction of sp³-hybridized carbons (Fsp3) is 0.250. The summed E-state index contributed by atoms with van der Waals surface area (Å²) in [6, 6.07) is 11.3. The van der Waals surface area contributed by atoms with Crippen molar-refractivity contribution < 1.29 is 9.47 Å². The molecule has 0 bridgehead atoms. The Kier molecular flexibility index (Phi) is 4.74. The third-order valence-corrected chi connectivity index (χ3v) is 3.10. The number of anilines is 1. The predicted molar refractivity (Wildman–Crippen MR) is 83.6 cm³/mol. The Bertz CT molecular complexity index is 599. The van der Waals surface area contributed by atoms with Gasteiger partial charge in [-0.15, -0.1) is 0 Å². The molecule has 0 aliphatic heterocycles. The lowest BCUT2D eigenvalue weighted by Gasteiger charge is -2.13. The first-order valence-corrected chi connectivity index (χ1v) is 6.98. The second kappa shape index (κ2) is 6.53. The lowest BCUT2D eigenvalue weighted by Crippen LogP contribution is -1.99. The van der Waals surface area contributed by atoms with Gasteiger partial charge in [0, 0.05) is 16.3 Å². The van der Waals surface area contributed by atoms with Crippen molar-refractivity contribution in [3.05, 3.63) is 41.4 Å². The average Bonchev–Trinajstić information content (AvgIpc) is 2.41. The molecule has 0 atom stereocenters. The number of rotatable bonds is 5. The zero-order valence-electron chi connectivity index (χ0n) is 11.7. The van der Waals surface area contributed by atoms with E-state index in [0.717, 1.165) is 22.6 Å². The van der Waals surface area contributed by atoms with Crippen molar-refractivity contribution in [3.63, 3.8) is 0 Å². The maximum atomic E-state index is 6.02. The Morgan fingerprint density at radius 3 is 2.30 bits per heavy atom. The van der Waals surface area contributed by atoms with Crippen LogP contribution >= 0.6 is 11.6 Å². The van der Waals surface area contributed by atoms with Crippen molar-refractivity contribution in [3.8, 4) is 22.6 Å². The van der Waals surface area contributed by atoms with E-state index in [0.29, 0.717) is 23.9 Å². The summed E-state index contributed by atoms with van der Waals surface area (Å²) in [4.78, 5) is 0. The van der Waals surface area contributed by atoms with Gasteiger partial charge in [0.25, 0.3) is 0 Å². The maximum absolute atomic E-state index is 6.02. The van der Waals surface area contributed by atoms with E-state index in [1.165, 1.54) is 0 Å². The van der Waals surface area contributed by atoms with Gasteiger partial charge in [-0.1, -0.05) is 23.7 Å². The van der Waals surface area contributed by atoms with Gasteiger partial charge in [0.15, 0.2) is 11.5 Å². The molecule has 2 aromatic rings. The highest BCUT2D eigenvalue weighted by Gasteiger charge is 2.09. The summed E-state index contributed by atoms with van der Waals surface area (Å²) in [5, 5.41) is 0.627. The van der Waals surface area contributed by atoms with Gasteiger partial charge >= 0.3 is 0 Å². The number of nitrogen functional groups attached to an aromatic ring is 1. The van der Waals surface area contributed by atoms with Crippen LogP contribution in [0.5, 0.6) is 11.5 Å². The quantitative estimate of drug-likeness (QED) is 0.831. The highest BCUT2D eigenvalue weighted by atomic mass is 35.5. The van der Waals surface area contributed by atoms with Gasteiger partial charge in [-0.05, 0) is 43.7 Å². The highest BCUT2D eigenvalue weighted by Crippen LogP contribution is 2.35. The minimum absolute atomic E-state index is 0.583. The summed E-state index contributed by atoms with van der Waals surface area (Å²) in [5.74, 6) is 1.46. The van der Waals surface area contributed by atoms with Crippen LogP contribution in [0.1, 0.15) is 13.8 Å². The molecule has 2 N–H and O–H groups in total. The Hall–Kier alpha value is -1.87. The van der Waals surface area contributed by atoms with E-state index >= 15 is 0 Å². The van der Waals surface area contributed by atoms with E-state index in [9.17, 15) is 0 Å². The van der Waals surface area contributed by atoms with Gasteiger partial charge in [0.2, 0.25) is 0 Å². The third-order valence-electron chi connectivity index (χ3n) is 2.87. The highest BCUT2D eigenvalue weighted by molar-refractivity contribution is 6.31. The molecule has 20 heavy (non-hydrogen) atoms. The van der Waals surface area contributed by atoms with Crippen molar-refractivity contribution >= 4 is 17.3 Å². The minimum atomic E-state index is 0.583.